The van der Waals surface area contributed by atoms with Crippen molar-refractivity contribution >= 4 is 91.5 Å². The summed E-state index contributed by atoms with van der Waals surface area (Å²) in [5, 5.41) is 1.21. The van der Waals surface area contributed by atoms with Crippen LogP contribution in [0.5, 0.6) is 0 Å². The molecule has 11 rings (SSSR count). The van der Waals surface area contributed by atoms with E-state index in [-0.39, 0.29) is 0 Å². The molecule has 0 saturated carbocycles. The second kappa shape index (κ2) is 21.1. The minimum absolute atomic E-state index is 0.603. The number of benzene rings is 11. The van der Waals surface area contributed by atoms with Gasteiger partial charge >= 0.3 is 0 Å². The maximum absolute atomic E-state index is 7.89. The predicted molar refractivity (Wildman–Crippen MR) is 306 cm³/mol. The third-order valence-electron chi connectivity index (χ3n) is 12.7. The molecule has 346 valence electrons. The molecule has 0 aliphatic carbocycles. The fourth-order valence-electron chi connectivity index (χ4n) is 9.38. The molecular formula is C66H48Cl2N4. The zero-order chi connectivity index (χ0) is 48.6. The average Bonchev–Trinajstić information content (AvgIpc) is 3.45. The van der Waals surface area contributed by atoms with Gasteiger partial charge in [0.15, 0.2) is 0 Å². The van der Waals surface area contributed by atoms with E-state index in [1.807, 2.05) is 48.5 Å². The lowest BCUT2D eigenvalue weighted by atomic mass is 9.96. The van der Waals surface area contributed by atoms with E-state index >= 15 is 0 Å². The van der Waals surface area contributed by atoms with Crippen LogP contribution in [-0.2, 0) is 0 Å². The van der Waals surface area contributed by atoms with Crippen LogP contribution in [0.4, 0.5) is 68.2 Å². The van der Waals surface area contributed by atoms with E-state index in [0.717, 1.165) is 90.5 Å². The Labute approximate surface area is 432 Å². The molecule has 0 bridgehead atoms. The van der Waals surface area contributed by atoms with E-state index in [2.05, 4.69) is 262 Å². The van der Waals surface area contributed by atoms with Crippen molar-refractivity contribution in [2.75, 3.05) is 19.6 Å². The fourth-order valence-corrected chi connectivity index (χ4v) is 9.93. The van der Waals surface area contributed by atoms with Crippen molar-refractivity contribution in [1.29, 1.82) is 0 Å². The molecule has 0 aromatic heterocycles. The first-order valence-electron chi connectivity index (χ1n) is 24.0. The summed E-state index contributed by atoms with van der Waals surface area (Å²) in [5.41, 5.74) is 15.2. The second-order valence-electron chi connectivity index (χ2n) is 17.3. The largest absolute Gasteiger partial charge is 0.309 e. The minimum Gasteiger partial charge on any atom is -0.309 e. The third-order valence-corrected chi connectivity index (χ3v) is 13.5. The topological polar surface area (TPSA) is 13.0 Å². The molecule has 6 heteroatoms. The lowest BCUT2D eigenvalue weighted by molar-refractivity contribution is 1.25. The number of halogens is 2. The van der Waals surface area contributed by atoms with Crippen LogP contribution in [0.2, 0.25) is 10.0 Å². The average molecular weight is 968 g/mol. The molecule has 0 amide bonds. The number of hydrogen-bond acceptors (Lipinski definition) is 4. The SMILES string of the molecule is Clc1c(N(c2ccccc2)c2ccccc2)cc(-c2cccc(-c3cc(N(c4ccccc4)c4ccccc4)c(Cl)c(N(c4ccccc4)c4ccccc4)c3)c2)cc1N(c1ccccc1)c1ccccc1. The lowest BCUT2D eigenvalue weighted by Gasteiger charge is -2.32. The van der Waals surface area contributed by atoms with Gasteiger partial charge in [-0.2, -0.15) is 0 Å². The first-order valence-corrected chi connectivity index (χ1v) is 24.7. The fraction of sp³-hybridized carbons (Fsp3) is 0. The highest BCUT2D eigenvalue weighted by Gasteiger charge is 2.26. The zero-order valence-electron chi connectivity index (χ0n) is 39.3. The molecule has 0 saturated heterocycles. The van der Waals surface area contributed by atoms with E-state index in [4.69, 9.17) is 23.2 Å². The van der Waals surface area contributed by atoms with Gasteiger partial charge in [0.25, 0.3) is 0 Å². The van der Waals surface area contributed by atoms with Crippen LogP contribution in [0.15, 0.2) is 291 Å². The van der Waals surface area contributed by atoms with Crippen LogP contribution in [0, 0.1) is 0 Å². The summed E-state index contributed by atoms with van der Waals surface area (Å²) >= 11 is 15.8. The van der Waals surface area contributed by atoms with Crippen molar-refractivity contribution in [3.63, 3.8) is 0 Å². The van der Waals surface area contributed by atoms with Crippen LogP contribution in [0.25, 0.3) is 22.3 Å². The summed E-state index contributed by atoms with van der Waals surface area (Å²) in [6, 6.07) is 101. The van der Waals surface area contributed by atoms with Gasteiger partial charge in [-0.15, -0.1) is 0 Å². The molecule has 0 heterocycles. The molecule has 0 spiro atoms. The quantitative estimate of drug-likeness (QED) is 0.108. The molecule has 72 heavy (non-hydrogen) atoms. The van der Waals surface area contributed by atoms with Gasteiger partial charge in [0.1, 0.15) is 0 Å². The van der Waals surface area contributed by atoms with Crippen molar-refractivity contribution in [1.82, 2.24) is 0 Å². The van der Waals surface area contributed by atoms with E-state index in [1.54, 1.807) is 0 Å². The Hall–Kier alpha value is -8.80. The first kappa shape index (κ1) is 45.6. The van der Waals surface area contributed by atoms with E-state index < -0.39 is 0 Å². The standard InChI is InChI=1S/C66H48Cl2N4/c67-65-61(69(53-28-9-1-10-29-53)54-30-11-2-12-31-54)45-51(46-62(65)70(55-32-13-3-14-33-55)56-34-15-4-16-35-56)49-26-25-27-50(44-49)52-47-63(71(57-36-17-5-18-37-57)58-38-19-6-20-39-58)66(68)64(48-52)72(59-40-21-7-22-41-59)60-42-23-8-24-43-60/h1-48H. The summed E-state index contributed by atoms with van der Waals surface area (Å²) in [7, 11) is 0. The Morgan fingerprint density at radius 3 is 0.542 bits per heavy atom. The molecule has 11 aromatic rings. The Morgan fingerprint density at radius 1 is 0.181 bits per heavy atom. The summed E-state index contributed by atoms with van der Waals surface area (Å²) in [5.74, 6) is 0. The summed E-state index contributed by atoms with van der Waals surface area (Å²) in [6.45, 7) is 0. The number of nitrogens with zero attached hydrogens (tertiary/aromatic N) is 4. The monoisotopic (exact) mass is 966 g/mol. The molecule has 4 nitrogen and oxygen atoms in total. The molecule has 0 aliphatic heterocycles. The Balaban J connectivity index is 1.16. The van der Waals surface area contributed by atoms with Crippen molar-refractivity contribution in [2.45, 2.75) is 0 Å². The smallest absolute Gasteiger partial charge is 0.0887 e. The van der Waals surface area contributed by atoms with E-state index in [1.165, 1.54) is 0 Å². The molecule has 0 atom stereocenters. The number of hydrogen-bond donors (Lipinski definition) is 0. The molecule has 0 N–H and O–H groups in total. The van der Waals surface area contributed by atoms with Gasteiger partial charge in [0.2, 0.25) is 0 Å². The number of anilines is 12. The maximum atomic E-state index is 7.89. The van der Waals surface area contributed by atoms with Crippen LogP contribution in [0.3, 0.4) is 0 Å². The predicted octanol–water partition coefficient (Wildman–Crippen LogP) is 20.2. The highest BCUT2D eigenvalue weighted by atomic mass is 35.5. The van der Waals surface area contributed by atoms with Crippen LogP contribution in [0.1, 0.15) is 0 Å². The lowest BCUT2D eigenvalue weighted by Crippen LogP contribution is -2.15. The molecule has 0 aliphatic rings. The van der Waals surface area contributed by atoms with Crippen molar-refractivity contribution in [3.05, 3.63) is 301 Å². The molecule has 0 fully saturated rings. The highest BCUT2D eigenvalue weighted by molar-refractivity contribution is 6.37. The van der Waals surface area contributed by atoms with Crippen molar-refractivity contribution in [2.24, 2.45) is 0 Å². The maximum Gasteiger partial charge on any atom is 0.0887 e. The van der Waals surface area contributed by atoms with Crippen molar-refractivity contribution < 1.29 is 0 Å². The van der Waals surface area contributed by atoms with Gasteiger partial charge in [0.05, 0.1) is 32.8 Å². The summed E-state index contributed by atoms with van der Waals surface area (Å²) < 4.78 is 0. The highest BCUT2D eigenvalue weighted by Crippen LogP contribution is 2.51. The van der Waals surface area contributed by atoms with Gasteiger partial charge in [-0.05, 0) is 150 Å². The van der Waals surface area contributed by atoms with E-state index in [9.17, 15) is 0 Å². The van der Waals surface area contributed by atoms with Gasteiger partial charge in [-0.25, -0.2) is 0 Å². The van der Waals surface area contributed by atoms with Gasteiger partial charge < -0.3 is 19.6 Å². The second-order valence-corrected chi connectivity index (χ2v) is 18.0. The third kappa shape index (κ3) is 9.45. The Morgan fingerprint density at radius 2 is 0.361 bits per heavy atom. The summed E-state index contributed by atoms with van der Waals surface area (Å²) in [6.07, 6.45) is 0. The minimum atomic E-state index is 0.603. The van der Waals surface area contributed by atoms with Crippen LogP contribution in [-0.4, -0.2) is 0 Å². The van der Waals surface area contributed by atoms with Gasteiger partial charge in [0, 0.05) is 45.5 Å². The first-order chi connectivity index (χ1) is 35.6. The normalized spacial score (nSPS) is 10.9. The Kier molecular flexibility index (Phi) is 13.3. The molecule has 0 unspecified atom stereocenters. The molecule has 11 aromatic carbocycles. The van der Waals surface area contributed by atoms with Gasteiger partial charge in [-0.3, -0.25) is 0 Å². The number of para-hydroxylation sites is 8. The van der Waals surface area contributed by atoms with Crippen molar-refractivity contribution in [3.8, 4) is 22.3 Å². The Bertz CT molecular complexity index is 2930. The number of rotatable bonds is 14. The van der Waals surface area contributed by atoms with Gasteiger partial charge in [-0.1, -0.05) is 187 Å². The summed E-state index contributed by atoms with van der Waals surface area (Å²) in [4.78, 5) is 8.98. The molecular weight excluding hydrogens is 920 g/mol. The van der Waals surface area contributed by atoms with Crippen LogP contribution >= 0.6 is 23.2 Å². The zero-order valence-corrected chi connectivity index (χ0v) is 40.8. The molecule has 0 radical (unpaired) electrons. The van der Waals surface area contributed by atoms with Crippen LogP contribution < -0.4 is 19.6 Å². The van der Waals surface area contributed by atoms with E-state index in [0.29, 0.717) is 10.0 Å².